The van der Waals surface area contributed by atoms with E-state index in [0.29, 0.717) is 0 Å². The van der Waals surface area contributed by atoms with Gasteiger partial charge in [-0.25, -0.2) is 0 Å². The minimum atomic E-state index is -2.02. The lowest BCUT2D eigenvalue weighted by atomic mass is 9.99. The Hall–Kier alpha value is -3.75. The molecule has 0 radical (unpaired) electrons. The lowest BCUT2D eigenvalue weighted by Gasteiger charge is -2.40. The number of rotatable bonds is 7. The van der Waals surface area contributed by atoms with Gasteiger partial charge in [0.05, 0.1) is 18.8 Å². The van der Waals surface area contributed by atoms with Crippen molar-refractivity contribution in [1.29, 1.82) is 0 Å². The highest BCUT2D eigenvalue weighted by Gasteiger charge is 2.47. The quantitative estimate of drug-likeness (QED) is 0.124. The molecule has 10 atom stereocenters. The number of phenols is 3. The molecule has 0 spiro atoms. The van der Waals surface area contributed by atoms with Gasteiger partial charge in [-0.15, -0.1) is 0 Å². The van der Waals surface area contributed by atoms with E-state index in [1.807, 2.05) is 0 Å². The van der Waals surface area contributed by atoms with Crippen LogP contribution in [0.25, 0.3) is 22.1 Å². The van der Waals surface area contributed by atoms with Crippen molar-refractivity contribution in [2.45, 2.75) is 61.4 Å². The molecule has 2 aliphatic heterocycles. The van der Waals surface area contributed by atoms with Crippen LogP contribution in [0, 0.1) is 0 Å². The van der Waals surface area contributed by atoms with Crippen LogP contribution in [0.1, 0.15) is 0 Å². The Morgan fingerprint density at radius 2 is 1.16 bits per heavy atom. The Balaban J connectivity index is 1.67. The van der Waals surface area contributed by atoms with E-state index in [4.69, 9.17) is 23.4 Å². The van der Waals surface area contributed by atoms with Crippen molar-refractivity contribution in [3.05, 3.63) is 40.8 Å². The standard InChI is InChI=1S/C27H30O17/c28-5-11-15(32)18(35)20(37)26(41-11)43-24-17(34)13-14(31)10(8-1-3-9(30)4-2-8)7-40-23(13)25(22(24)39)44-27-21(38)19(36)16(33)12(6-29)42-27/h1-4,7,11-12,15-16,18-21,26-30,32-39H,5-6H2/t11-,12-,15-,16-,18+,19+,20-,21-,26+,27+/m1/s1. The van der Waals surface area contributed by atoms with Crippen molar-refractivity contribution in [3.8, 4) is 39.9 Å². The second kappa shape index (κ2) is 12.3. The summed E-state index contributed by atoms with van der Waals surface area (Å²) >= 11 is 0. The van der Waals surface area contributed by atoms with Crippen molar-refractivity contribution in [2.75, 3.05) is 13.2 Å². The second-order valence-electron chi connectivity index (χ2n) is 10.2. The van der Waals surface area contributed by atoms with Gasteiger partial charge in [0.25, 0.3) is 0 Å². The van der Waals surface area contributed by atoms with E-state index in [1.54, 1.807) is 0 Å². The Morgan fingerprint density at radius 1 is 0.659 bits per heavy atom. The number of aliphatic hydroxyl groups is 8. The molecule has 44 heavy (non-hydrogen) atoms. The number of aromatic hydroxyl groups is 3. The van der Waals surface area contributed by atoms with Crippen LogP contribution in [0.4, 0.5) is 0 Å². The molecule has 2 aromatic carbocycles. The molecule has 2 saturated heterocycles. The van der Waals surface area contributed by atoms with Crippen LogP contribution in [0.3, 0.4) is 0 Å². The van der Waals surface area contributed by atoms with Gasteiger partial charge >= 0.3 is 0 Å². The van der Waals surface area contributed by atoms with Crippen LogP contribution in [-0.2, 0) is 9.47 Å². The lowest BCUT2D eigenvalue weighted by molar-refractivity contribution is -0.279. The summed E-state index contributed by atoms with van der Waals surface area (Å²) in [7, 11) is 0. The monoisotopic (exact) mass is 626 g/mol. The number of ether oxygens (including phenoxy) is 4. The van der Waals surface area contributed by atoms with Gasteiger partial charge in [-0.1, -0.05) is 12.1 Å². The van der Waals surface area contributed by atoms with Crippen molar-refractivity contribution in [1.82, 2.24) is 0 Å². The molecular formula is C27H30O17. The molecule has 0 amide bonds. The normalized spacial score (nSPS) is 32.5. The summed E-state index contributed by atoms with van der Waals surface area (Å²) in [5.74, 6) is -4.14. The highest BCUT2D eigenvalue weighted by molar-refractivity contribution is 5.96. The molecule has 0 aliphatic carbocycles. The van der Waals surface area contributed by atoms with Gasteiger partial charge in [-0.2, -0.15) is 0 Å². The smallest absolute Gasteiger partial charge is 0.229 e. The average Bonchev–Trinajstić information content (AvgIpc) is 3.01. The Kier molecular flexibility index (Phi) is 8.87. The first kappa shape index (κ1) is 31.7. The van der Waals surface area contributed by atoms with Crippen LogP contribution < -0.4 is 14.9 Å². The summed E-state index contributed by atoms with van der Waals surface area (Å²) in [6, 6.07) is 5.27. The third-order valence-electron chi connectivity index (χ3n) is 7.42. The SMILES string of the molecule is O=c1c(-c2ccc(O)cc2)coc2c(O[C@@H]3O[C@H](CO)[C@@H](O)[C@H](O)[C@H]3O)c(O)c(O[C@@H]3O[C@H](CO)[C@@H](O)[C@H](O)[C@H]3O)c(O)c12. The Morgan fingerprint density at radius 3 is 1.66 bits per heavy atom. The molecule has 17 heteroatoms. The van der Waals surface area contributed by atoms with E-state index in [0.717, 1.165) is 6.26 Å². The molecule has 17 nitrogen and oxygen atoms in total. The fourth-order valence-electron chi connectivity index (χ4n) is 4.91. The Labute approximate surface area is 246 Å². The van der Waals surface area contributed by atoms with Gasteiger partial charge in [0.15, 0.2) is 11.3 Å². The average molecular weight is 627 g/mol. The Bertz CT molecular complexity index is 1540. The van der Waals surface area contributed by atoms with Crippen LogP contribution >= 0.6 is 0 Å². The van der Waals surface area contributed by atoms with Gasteiger partial charge in [0.1, 0.15) is 66.2 Å². The van der Waals surface area contributed by atoms with Crippen LogP contribution in [0.15, 0.2) is 39.7 Å². The van der Waals surface area contributed by atoms with Crippen molar-refractivity contribution < 1.29 is 79.5 Å². The topological polar surface area (TPSA) is 290 Å². The number of hydrogen-bond acceptors (Lipinski definition) is 17. The first-order valence-corrected chi connectivity index (χ1v) is 13.2. The fourth-order valence-corrected chi connectivity index (χ4v) is 4.91. The first-order chi connectivity index (χ1) is 20.9. The predicted octanol–water partition coefficient (Wildman–Crippen LogP) is -3.07. The highest BCUT2D eigenvalue weighted by atomic mass is 16.7. The van der Waals surface area contributed by atoms with Crippen molar-refractivity contribution in [3.63, 3.8) is 0 Å². The van der Waals surface area contributed by atoms with Gasteiger partial charge in [-0.05, 0) is 17.7 Å². The molecule has 0 unspecified atom stereocenters. The summed E-state index contributed by atoms with van der Waals surface area (Å²) in [4.78, 5) is 13.7. The molecule has 2 aliphatic rings. The third-order valence-corrected chi connectivity index (χ3v) is 7.42. The summed E-state index contributed by atoms with van der Waals surface area (Å²) in [6.45, 7) is -1.67. The number of fused-ring (bicyclic) bond motifs is 1. The van der Waals surface area contributed by atoms with Crippen molar-refractivity contribution >= 4 is 11.0 Å². The summed E-state index contributed by atoms with van der Waals surface area (Å²) in [6.07, 6.45) is -17.2. The number of phenolic OH excluding ortho intramolecular Hbond substituents is 3. The van der Waals surface area contributed by atoms with E-state index in [-0.39, 0.29) is 16.9 Å². The zero-order chi connectivity index (χ0) is 32.0. The molecular weight excluding hydrogens is 596 g/mol. The maximum atomic E-state index is 13.7. The van der Waals surface area contributed by atoms with Crippen LogP contribution in [0.2, 0.25) is 0 Å². The minimum Gasteiger partial charge on any atom is -0.508 e. The van der Waals surface area contributed by atoms with Crippen LogP contribution in [-0.4, -0.2) is 131 Å². The zero-order valence-corrected chi connectivity index (χ0v) is 22.4. The zero-order valence-electron chi connectivity index (χ0n) is 22.4. The molecule has 3 aromatic rings. The molecule has 0 bridgehead atoms. The van der Waals surface area contributed by atoms with Gasteiger partial charge in [0.2, 0.25) is 35.3 Å². The maximum Gasteiger partial charge on any atom is 0.229 e. The van der Waals surface area contributed by atoms with E-state index < -0.39 is 114 Å². The number of aliphatic hydroxyl groups excluding tert-OH is 8. The highest BCUT2D eigenvalue weighted by Crippen LogP contribution is 2.51. The van der Waals surface area contributed by atoms with Gasteiger partial charge < -0.3 is 79.5 Å². The van der Waals surface area contributed by atoms with E-state index in [2.05, 4.69) is 0 Å². The van der Waals surface area contributed by atoms with Crippen LogP contribution in [0.5, 0.6) is 28.7 Å². The minimum absolute atomic E-state index is 0.114. The van der Waals surface area contributed by atoms with E-state index in [9.17, 15) is 61.0 Å². The molecule has 0 saturated carbocycles. The number of benzene rings is 2. The summed E-state index contributed by atoms with van der Waals surface area (Å²) in [5, 5.41) is 112. The third kappa shape index (κ3) is 5.39. The summed E-state index contributed by atoms with van der Waals surface area (Å²) in [5.41, 5.74) is -1.51. The molecule has 2 fully saturated rings. The maximum absolute atomic E-state index is 13.7. The lowest BCUT2D eigenvalue weighted by Crippen LogP contribution is -2.60. The second-order valence-corrected chi connectivity index (χ2v) is 10.2. The largest absolute Gasteiger partial charge is 0.508 e. The first-order valence-electron chi connectivity index (χ1n) is 13.2. The molecule has 11 N–H and O–H groups in total. The predicted molar refractivity (Wildman–Crippen MR) is 142 cm³/mol. The summed E-state index contributed by atoms with van der Waals surface area (Å²) < 4.78 is 27.2. The van der Waals surface area contributed by atoms with E-state index in [1.165, 1.54) is 24.3 Å². The fraction of sp³-hybridized carbons (Fsp3) is 0.444. The molecule has 240 valence electrons. The molecule has 3 heterocycles. The molecule has 1 aromatic heterocycles. The van der Waals surface area contributed by atoms with Gasteiger partial charge in [-0.3, -0.25) is 4.79 Å². The van der Waals surface area contributed by atoms with Gasteiger partial charge in [0, 0.05) is 0 Å². The van der Waals surface area contributed by atoms with Crippen molar-refractivity contribution in [2.24, 2.45) is 0 Å². The van der Waals surface area contributed by atoms with E-state index >= 15 is 0 Å². The molecule has 5 rings (SSSR count). The number of hydrogen-bond donors (Lipinski definition) is 11.